The molecule has 0 aliphatic rings. The Morgan fingerprint density at radius 2 is 0.688 bits per heavy atom. The molecule has 0 N–H and O–H groups in total. The van der Waals surface area contributed by atoms with Gasteiger partial charge >= 0.3 is 85.3 Å². The summed E-state index contributed by atoms with van der Waals surface area (Å²) in [6, 6.07) is 0. The van der Waals surface area contributed by atoms with Crippen LogP contribution in [0.25, 0.3) is 0 Å². The third-order valence-corrected chi connectivity index (χ3v) is 9.36. The minimum absolute atomic E-state index is 0. The van der Waals surface area contributed by atoms with Crippen LogP contribution in [0.3, 0.4) is 0 Å². The quantitative estimate of drug-likeness (QED) is 0.394. The van der Waals surface area contributed by atoms with Crippen molar-refractivity contribution in [2.45, 2.75) is 53.4 Å². The molecule has 0 atom stereocenters. The summed E-state index contributed by atoms with van der Waals surface area (Å²) in [5, 5.41) is 0. The first-order valence-electron chi connectivity index (χ1n) is 6.24. The van der Waals surface area contributed by atoms with E-state index in [0.717, 1.165) is 0 Å². The summed E-state index contributed by atoms with van der Waals surface area (Å²) >= 11 is 0. The summed E-state index contributed by atoms with van der Waals surface area (Å²) in [5.74, 6) is 0. The van der Waals surface area contributed by atoms with Crippen LogP contribution in [0.2, 0.25) is 0 Å². The van der Waals surface area contributed by atoms with Crippen LogP contribution in [0.5, 0.6) is 0 Å². The minimum atomic E-state index is -0.796. The summed E-state index contributed by atoms with van der Waals surface area (Å²) < 4.78 is 0. The van der Waals surface area contributed by atoms with Gasteiger partial charge in [0.05, 0.1) is 0 Å². The van der Waals surface area contributed by atoms with Crippen molar-refractivity contribution in [1.82, 2.24) is 0 Å². The Kier molecular flexibility index (Phi) is 27.9. The van der Waals surface area contributed by atoms with Crippen molar-refractivity contribution in [3.05, 3.63) is 0 Å². The monoisotopic (exact) mass is 444 g/mol. The van der Waals surface area contributed by atoms with Gasteiger partial charge in [0.15, 0.2) is 0 Å². The molecule has 0 amide bonds. The molecule has 106 valence electrons. The van der Waals surface area contributed by atoms with Gasteiger partial charge in [-0.2, -0.15) is 0 Å². The maximum atomic E-state index is 2.36. The molecule has 0 saturated heterocycles. The molecular weight excluding hydrogens is 415 g/mol. The van der Waals surface area contributed by atoms with E-state index in [4.69, 9.17) is 0 Å². The molecule has 0 rings (SSSR count). The zero-order chi connectivity index (χ0) is 10.2. The van der Waals surface area contributed by atoms with E-state index in [0.29, 0.717) is 0 Å². The molecule has 4 heteroatoms. The Hall–Kier alpha value is 1.87. The van der Waals surface area contributed by atoms with Crippen molar-refractivity contribution in [2.24, 2.45) is 0 Å². The molecule has 0 unspecified atom stereocenters. The van der Waals surface area contributed by atoms with E-state index in [9.17, 15) is 0 Å². The van der Waals surface area contributed by atoms with Gasteiger partial charge in [-0.1, -0.05) is 0 Å². The Morgan fingerprint density at radius 3 is 0.812 bits per heavy atom. The molecule has 0 bridgehead atoms. The fourth-order valence-electron chi connectivity index (χ4n) is 2.87. The van der Waals surface area contributed by atoms with E-state index in [1.807, 2.05) is 0 Å². The molecule has 0 heterocycles. The van der Waals surface area contributed by atoms with Gasteiger partial charge in [-0.05, 0) is 0 Å². The van der Waals surface area contributed by atoms with E-state index in [1.165, 1.54) is 25.7 Å². The van der Waals surface area contributed by atoms with Crippen molar-refractivity contribution in [2.75, 3.05) is 24.6 Å². The maximum absolute atomic E-state index is 2.36. The van der Waals surface area contributed by atoms with Gasteiger partial charge in [0, 0.05) is 0 Å². The van der Waals surface area contributed by atoms with Crippen molar-refractivity contribution in [3.8, 4) is 0 Å². The molecule has 0 aliphatic carbocycles. The first-order chi connectivity index (χ1) is 6.24. The van der Waals surface area contributed by atoms with Gasteiger partial charge in [0.25, 0.3) is 0 Å². The molecule has 0 nitrogen and oxygen atoms in total. The first kappa shape index (κ1) is 26.4. The third-order valence-electron chi connectivity index (χ3n) is 3.12. The molecular formula is C12H32Br3P. The zero-order valence-electron chi connectivity index (χ0n) is 11.4. The number of rotatable bonds is 8. The predicted molar refractivity (Wildman–Crippen MR) is 99.9 cm³/mol. The van der Waals surface area contributed by atoms with Crippen LogP contribution in [0.4, 0.5) is 0 Å². The molecule has 0 aliphatic heterocycles. The molecule has 0 aromatic heterocycles. The van der Waals surface area contributed by atoms with E-state index >= 15 is 0 Å². The van der Waals surface area contributed by atoms with E-state index < -0.39 is 7.26 Å². The number of hydrogen-bond donors (Lipinski definition) is 0. The predicted octanol–water partition coefficient (Wildman–Crippen LogP) is 6.11. The third kappa shape index (κ3) is 11.0. The second-order valence-electron chi connectivity index (χ2n) is 4.50. The van der Waals surface area contributed by atoms with Crippen molar-refractivity contribution in [3.63, 3.8) is 0 Å². The Bertz CT molecular complexity index is 91.3. The summed E-state index contributed by atoms with van der Waals surface area (Å²) in [6.07, 6.45) is 12.0. The van der Waals surface area contributed by atoms with Gasteiger partial charge in [-0.3, -0.25) is 0 Å². The second kappa shape index (κ2) is 16.9. The SMILES string of the molecule is Br.Br.Br.CCC[PH](CCC)(CCC)CCC. The van der Waals surface area contributed by atoms with Gasteiger partial charge < -0.3 is 0 Å². The van der Waals surface area contributed by atoms with E-state index in [2.05, 4.69) is 27.7 Å². The summed E-state index contributed by atoms with van der Waals surface area (Å²) in [4.78, 5) is 0. The normalized spacial score (nSPS) is 10.8. The fourth-order valence-corrected chi connectivity index (χ4v) is 8.61. The van der Waals surface area contributed by atoms with E-state index in [-0.39, 0.29) is 50.9 Å². The average molecular weight is 447 g/mol. The van der Waals surface area contributed by atoms with Crippen molar-refractivity contribution >= 4 is 58.2 Å². The zero-order valence-corrected chi connectivity index (χ0v) is 17.5. The van der Waals surface area contributed by atoms with Crippen LogP contribution >= 0.6 is 58.2 Å². The average Bonchev–Trinajstić information content (AvgIpc) is 2.06. The summed E-state index contributed by atoms with van der Waals surface area (Å²) in [7, 11) is -0.796. The molecule has 0 radical (unpaired) electrons. The Labute approximate surface area is 135 Å². The van der Waals surface area contributed by atoms with Gasteiger partial charge in [0.1, 0.15) is 0 Å². The molecule has 0 aromatic carbocycles. The van der Waals surface area contributed by atoms with Crippen molar-refractivity contribution < 1.29 is 0 Å². The van der Waals surface area contributed by atoms with Gasteiger partial charge in [-0.15, -0.1) is 50.9 Å². The Balaban J connectivity index is -0.000000240. The van der Waals surface area contributed by atoms with Crippen molar-refractivity contribution in [1.29, 1.82) is 0 Å². The van der Waals surface area contributed by atoms with E-state index in [1.54, 1.807) is 24.6 Å². The molecule has 0 aromatic rings. The van der Waals surface area contributed by atoms with Crippen LogP contribution < -0.4 is 0 Å². The summed E-state index contributed by atoms with van der Waals surface area (Å²) in [5.41, 5.74) is 0. The summed E-state index contributed by atoms with van der Waals surface area (Å²) in [6.45, 7) is 9.46. The van der Waals surface area contributed by atoms with Crippen LogP contribution in [0.15, 0.2) is 0 Å². The first-order valence-corrected chi connectivity index (χ1v) is 9.07. The molecule has 16 heavy (non-hydrogen) atoms. The van der Waals surface area contributed by atoms with Gasteiger partial charge in [0.2, 0.25) is 0 Å². The standard InChI is InChI=1S/C12H29P.3BrH/c1-5-9-13(10-6-2,11-7-3)12-8-4;;;/h13H,5-12H2,1-4H3;3*1H. The number of hydrogen-bond acceptors (Lipinski definition) is 0. The Morgan fingerprint density at radius 1 is 0.500 bits per heavy atom. The fraction of sp³-hybridized carbons (Fsp3) is 1.00. The molecule has 0 saturated carbocycles. The van der Waals surface area contributed by atoms with Crippen LogP contribution in [-0.4, -0.2) is 24.6 Å². The van der Waals surface area contributed by atoms with Gasteiger partial charge in [-0.25, -0.2) is 0 Å². The molecule has 0 fully saturated rings. The second-order valence-corrected chi connectivity index (χ2v) is 9.50. The van der Waals surface area contributed by atoms with Crippen LogP contribution in [0, 0.1) is 0 Å². The van der Waals surface area contributed by atoms with Crippen LogP contribution in [-0.2, 0) is 0 Å². The molecule has 0 spiro atoms. The van der Waals surface area contributed by atoms with Crippen LogP contribution in [0.1, 0.15) is 53.4 Å². The number of halogens is 3. The topological polar surface area (TPSA) is 0 Å².